The summed E-state index contributed by atoms with van der Waals surface area (Å²) in [6.07, 6.45) is 1.81. The maximum atomic E-state index is 11.5. The molecule has 1 aromatic rings. The number of hydrogen-bond acceptors (Lipinski definition) is 3. The second-order valence-corrected chi connectivity index (χ2v) is 2.91. The maximum absolute atomic E-state index is 11.5. The van der Waals surface area contributed by atoms with Crippen molar-refractivity contribution in [2.75, 3.05) is 6.26 Å². The highest BCUT2D eigenvalue weighted by molar-refractivity contribution is 7.98. The lowest BCUT2D eigenvalue weighted by atomic mass is 10.2. The van der Waals surface area contributed by atoms with Crippen LogP contribution in [-0.2, 0) is 4.94 Å². The zero-order valence-corrected chi connectivity index (χ0v) is 7.23. The first-order valence-corrected chi connectivity index (χ1v) is 4.48. The topological polar surface area (TPSA) is 26.3 Å². The van der Waals surface area contributed by atoms with E-state index >= 15 is 0 Å². The van der Waals surface area contributed by atoms with Crippen molar-refractivity contribution < 1.29 is 14.3 Å². The SMILES string of the molecule is CSc1ccccc1C(=O)OF. The van der Waals surface area contributed by atoms with Gasteiger partial charge in [-0.15, -0.1) is 11.8 Å². The summed E-state index contributed by atoms with van der Waals surface area (Å²) in [7, 11) is 0. The number of rotatable bonds is 2. The first-order valence-electron chi connectivity index (χ1n) is 3.25. The second kappa shape index (κ2) is 4.11. The summed E-state index contributed by atoms with van der Waals surface area (Å²) in [5.41, 5.74) is 0.257. The summed E-state index contributed by atoms with van der Waals surface area (Å²) >= 11 is 1.37. The van der Waals surface area contributed by atoms with Gasteiger partial charge in [0.05, 0.1) is 5.56 Å². The molecular weight excluding hydrogens is 179 g/mol. The quantitative estimate of drug-likeness (QED) is 0.663. The van der Waals surface area contributed by atoms with E-state index in [-0.39, 0.29) is 5.56 Å². The summed E-state index contributed by atoms with van der Waals surface area (Å²) in [5.74, 6) is -0.944. The molecule has 0 saturated carbocycles. The van der Waals surface area contributed by atoms with Gasteiger partial charge in [0.25, 0.3) is 0 Å². The van der Waals surface area contributed by atoms with Crippen LogP contribution in [0, 0.1) is 0 Å². The molecule has 64 valence electrons. The Labute approximate surface area is 73.6 Å². The lowest BCUT2D eigenvalue weighted by Gasteiger charge is -2.00. The molecule has 4 heteroatoms. The third-order valence-corrected chi connectivity index (χ3v) is 2.19. The average Bonchev–Trinajstić information content (AvgIpc) is 2.16. The van der Waals surface area contributed by atoms with Crippen molar-refractivity contribution in [3.05, 3.63) is 29.8 Å². The number of carbonyl (C=O) groups is 1. The highest BCUT2D eigenvalue weighted by atomic mass is 32.2. The minimum Gasteiger partial charge on any atom is -0.249 e. The molecule has 0 aliphatic heterocycles. The van der Waals surface area contributed by atoms with Crippen molar-refractivity contribution in [2.24, 2.45) is 0 Å². The summed E-state index contributed by atoms with van der Waals surface area (Å²) in [5, 5.41) is 0. The van der Waals surface area contributed by atoms with Crippen LogP contribution < -0.4 is 0 Å². The summed E-state index contributed by atoms with van der Waals surface area (Å²) in [6, 6.07) is 6.69. The number of benzene rings is 1. The van der Waals surface area contributed by atoms with Crippen molar-refractivity contribution in [1.29, 1.82) is 0 Å². The van der Waals surface area contributed by atoms with Gasteiger partial charge in [-0.1, -0.05) is 12.1 Å². The van der Waals surface area contributed by atoms with Crippen LogP contribution in [0.3, 0.4) is 0 Å². The fourth-order valence-electron chi connectivity index (χ4n) is 0.855. The zero-order chi connectivity index (χ0) is 8.97. The molecule has 0 aliphatic rings. The van der Waals surface area contributed by atoms with Gasteiger partial charge in [0.15, 0.2) is 0 Å². The van der Waals surface area contributed by atoms with E-state index in [1.54, 1.807) is 18.2 Å². The van der Waals surface area contributed by atoms with E-state index in [1.807, 2.05) is 6.26 Å². The molecule has 0 N–H and O–H groups in total. The molecule has 0 heterocycles. The van der Waals surface area contributed by atoms with Gasteiger partial charge in [0, 0.05) is 9.42 Å². The Morgan fingerprint density at radius 1 is 1.50 bits per heavy atom. The minimum absolute atomic E-state index is 0.257. The van der Waals surface area contributed by atoms with Crippen LogP contribution in [0.5, 0.6) is 0 Å². The van der Waals surface area contributed by atoms with E-state index in [0.717, 1.165) is 0 Å². The second-order valence-electron chi connectivity index (χ2n) is 2.06. The van der Waals surface area contributed by atoms with Crippen LogP contribution in [0.4, 0.5) is 4.53 Å². The van der Waals surface area contributed by atoms with E-state index in [4.69, 9.17) is 0 Å². The van der Waals surface area contributed by atoms with Crippen molar-refractivity contribution >= 4 is 17.7 Å². The predicted molar refractivity (Wildman–Crippen MR) is 44.7 cm³/mol. The Hall–Kier alpha value is -1.03. The monoisotopic (exact) mass is 186 g/mol. The van der Waals surface area contributed by atoms with E-state index < -0.39 is 5.97 Å². The zero-order valence-electron chi connectivity index (χ0n) is 6.41. The van der Waals surface area contributed by atoms with E-state index in [0.29, 0.717) is 4.90 Å². The first kappa shape index (κ1) is 9.06. The van der Waals surface area contributed by atoms with Crippen LogP contribution in [-0.4, -0.2) is 12.2 Å². The molecule has 0 fully saturated rings. The van der Waals surface area contributed by atoms with Gasteiger partial charge in [0.1, 0.15) is 0 Å². The highest BCUT2D eigenvalue weighted by Gasteiger charge is 2.11. The molecule has 2 nitrogen and oxygen atoms in total. The van der Waals surface area contributed by atoms with Crippen molar-refractivity contribution in [1.82, 2.24) is 0 Å². The number of hydrogen-bond donors (Lipinski definition) is 0. The molecule has 0 unspecified atom stereocenters. The third kappa shape index (κ3) is 1.76. The van der Waals surface area contributed by atoms with Gasteiger partial charge in [-0.3, -0.25) is 0 Å². The van der Waals surface area contributed by atoms with Gasteiger partial charge >= 0.3 is 5.97 Å². The summed E-state index contributed by atoms with van der Waals surface area (Å²) in [6.45, 7) is 0. The van der Waals surface area contributed by atoms with Gasteiger partial charge in [-0.25, -0.2) is 9.74 Å². The van der Waals surface area contributed by atoms with Crippen LogP contribution in [0.1, 0.15) is 10.4 Å². The largest absolute Gasteiger partial charge is 0.380 e. The van der Waals surface area contributed by atoms with Gasteiger partial charge < -0.3 is 0 Å². The molecule has 0 aliphatic carbocycles. The van der Waals surface area contributed by atoms with Crippen LogP contribution in [0.2, 0.25) is 0 Å². The molecule has 0 amide bonds. The molecule has 12 heavy (non-hydrogen) atoms. The van der Waals surface area contributed by atoms with Crippen molar-refractivity contribution in [2.45, 2.75) is 4.90 Å². The van der Waals surface area contributed by atoms with Crippen molar-refractivity contribution in [3.63, 3.8) is 0 Å². The minimum atomic E-state index is -0.944. The van der Waals surface area contributed by atoms with E-state index in [1.165, 1.54) is 17.8 Å². The predicted octanol–water partition coefficient (Wildman–Crippen LogP) is 2.45. The Kier molecular flexibility index (Phi) is 3.10. The molecule has 0 bridgehead atoms. The molecule has 1 rings (SSSR count). The number of carbonyl (C=O) groups excluding carboxylic acids is 1. The summed E-state index contributed by atoms with van der Waals surface area (Å²) < 4.78 is 11.5. The van der Waals surface area contributed by atoms with Gasteiger partial charge in [0.2, 0.25) is 0 Å². The van der Waals surface area contributed by atoms with Crippen LogP contribution >= 0.6 is 11.8 Å². The lowest BCUT2D eigenvalue weighted by molar-refractivity contribution is -0.0791. The number of halogens is 1. The third-order valence-electron chi connectivity index (χ3n) is 1.40. The van der Waals surface area contributed by atoms with Crippen LogP contribution in [0.25, 0.3) is 0 Å². The van der Waals surface area contributed by atoms with Crippen molar-refractivity contribution in [3.8, 4) is 0 Å². The smallest absolute Gasteiger partial charge is 0.249 e. The standard InChI is InChI=1S/C8H7FO2S/c1-12-7-5-3-2-4-6(7)8(10)11-9/h2-5H,1H3. The maximum Gasteiger partial charge on any atom is 0.380 e. The Morgan fingerprint density at radius 3 is 2.75 bits per heavy atom. The molecule has 0 aromatic heterocycles. The van der Waals surface area contributed by atoms with Gasteiger partial charge in [-0.2, -0.15) is 0 Å². The molecule has 1 aromatic carbocycles. The normalized spacial score (nSPS) is 9.50. The van der Waals surface area contributed by atoms with E-state index in [9.17, 15) is 9.32 Å². The molecular formula is C8H7FO2S. The molecule has 0 saturated heterocycles. The van der Waals surface area contributed by atoms with Crippen LogP contribution in [0.15, 0.2) is 29.2 Å². The lowest BCUT2D eigenvalue weighted by Crippen LogP contribution is -1.99. The number of thioether (sulfide) groups is 1. The fraction of sp³-hybridized carbons (Fsp3) is 0.125. The Morgan fingerprint density at radius 2 is 2.17 bits per heavy atom. The molecule has 0 radical (unpaired) electrons. The molecule has 0 atom stereocenters. The van der Waals surface area contributed by atoms with E-state index in [2.05, 4.69) is 4.94 Å². The summed E-state index contributed by atoms with van der Waals surface area (Å²) in [4.78, 5) is 14.6. The highest BCUT2D eigenvalue weighted by Crippen LogP contribution is 2.20. The Bertz CT molecular complexity index is 288. The molecule has 0 spiro atoms. The van der Waals surface area contributed by atoms with Gasteiger partial charge in [-0.05, 0) is 18.4 Å². The fourth-order valence-corrected chi connectivity index (χ4v) is 1.44. The average molecular weight is 186 g/mol. The Balaban J connectivity index is 3.04. The first-order chi connectivity index (χ1) is 5.79.